The Bertz CT molecular complexity index is 275. The Morgan fingerprint density at radius 3 is 2.23 bits per heavy atom. The highest BCUT2D eigenvalue weighted by atomic mass is 32.2. The zero-order valence-electron chi connectivity index (χ0n) is 9.00. The van der Waals surface area contributed by atoms with E-state index in [0.717, 1.165) is 19.3 Å². The third kappa shape index (κ3) is 1.90. The average Bonchev–Trinajstić information content (AvgIpc) is 2.11. The molecule has 0 amide bonds. The maximum Gasteiger partial charge on any atom is 0.158 e. The van der Waals surface area contributed by atoms with Crippen molar-refractivity contribution in [2.24, 2.45) is 5.92 Å². The molecule has 1 rings (SSSR count). The van der Waals surface area contributed by atoms with Crippen molar-refractivity contribution in [1.29, 1.82) is 0 Å². The molecule has 0 spiro atoms. The maximum absolute atomic E-state index is 12.0. The lowest BCUT2D eigenvalue weighted by atomic mass is 10.0. The zero-order chi connectivity index (χ0) is 10.3. The van der Waals surface area contributed by atoms with Crippen molar-refractivity contribution in [2.45, 2.75) is 57.0 Å². The Balaban J connectivity index is 2.84. The van der Waals surface area contributed by atoms with Crippen LogP contribution in [0.2, 0.25) is 0 Å². The highest BCUT2D eigenvalue weighted by Crippen LogP contribution is 2.38. The van der Waals surface area contributed by atoms with E-state index >= 15 is 0 Å². The van der Waals surface area contributed by atoms with Gasteiger partial charge in [0.05, 0.1) is 10.00 Å². The van der Waals surface area contributed by atoms with Crippen LogP contribution >= 0.6 is 0 Å². The lowest BCUT2D eigenvalue weighted by Gasteiger charge is -2.19. The molecule has 0 aromatic heterocycles. The first-order chi connectivity index (χ1) is 5.77. The van der Waals surface area contributed by atoms with Crippen LogP contribution in [0.3, 0.4) is 0 Å². The molecule has 78 valence electrons. The van der Waals surface area contributed by atoms with E-state index in [4.69, 9.17) is 0 Å². The van der Waals surface area contributed by atoms with Gasteiger partial charge in [0.1, 0.15) is 0 Å². The van der Waals surface area contributed by atoms with Crippen LogP contribution in [-0.2, 0) is 9.84 Å². The third-order valence-electron chi connectivity index (χ3n) is 3.01. The Labute approximate surface area is 81.6 Å². The minimum absolute atomic E-state index is 0.0810. The first-order valence-electron chi connectivity index (χ1n) is 5.01. The second kappa shape index (κ2) is 3.26. The molecule has 1 atom stereocenters. The van der Waals surface area contributed by atoms with Crippen molar-refractivity contribution < 1.29 is 8.42 Å². The molecule has 0 radical (unpaired) electrons. The van der Waals surface area contributed by atoms with Crippen molar-refractivity contribution in [3.05, 3.63) is 0 Å². The van der Waals surface area contributed by atoms with Crippen LogP contribution < -0.4 is 0 Å². The Morgan fingerprint density at radius 2 is 1.92 bits per heavy atom. The van der Waals surface area contributed by atoms with Crippen LogP contribution in [-0.4, -0.2) is 18.4 Å². The summed E-state index contributed by atoms with van der Waals surface area (Å²) < 4.78 is 23.4. The molecule has 3 heteroatoms. The summed E-state index contributed by atoms with van der Waals surface area (Å²) in [7, 11) is -2.86. The molecular weight excluding hydrogens is 184 g/mol. The van der Waals surface area contributed by atoms with Gasteiger partial charge in [-0.15, -0.1) is 0 Å². The highest BCUT2D eigenvalue weighted by molar-refractivity contribution is 7.93. The first-order valence-corrected chi connectivity index (χ1v) is 6.55. The van der Waals surface area contributed by atoms with Crippen LogP contribution in [0.4, 0.5) is 0 Å². The van der Waals surface area contributed by atoms with Gasteiger partial charge in [-0.1, -0.05) is 13.8 Å². The quantitative estimate of drug-likeness (QED) is 0.692. The third-order valence-corrected chi connectivity index (χ3v) is 6.06. The summed E-state index contributed by atoms with van der Waals surface area (Å²) in [6, 6.07) is 0. The number of sulfone groups is 1. The van der Waals surface area contributed by atoms with Crippen LogP contribution in [0.25, 0.3) is 0 Å². The van der Waals surface area contributed by atoms with E-state index in [-0.39, 0.29) is 5.25 Å². The van der Waals surface area contributed by atoms with Crippen molar-refractivity contribution in [2.75, 3.05) is 0 Å². The van der Waals surface area contributed by atoms with Gasteiger partial charge in [-0.25, -0.2) is 8.42 Å². The van der Waals surface area contributed by atoms with Gasteiger partial charge in [-0.05, 0) is 39.0 Å². The molecule has 0 N–H and O–H groups in total. The van der Waals surface area contributed by atoms with Crippen molar-refractivity contribution >= 4 is 9.84 Å². The normalized spacial score (nSPS) is 31.0. The first kappa shape index (κ1) is 11.0. The van der Waals surface area contributed by atoms with Gasteiger partial charge in [-0.3, -0.25) is 0 Å². The maximum atomic E-state index is 12.0. The smallest absolute Gasteiger partial charge is 0.158 e. The summed E-state index contributed by atoms with van der Waals surface area (Å²) in [4.78, 5) is 0. The van der Waals surface area contributed by atoms with E-state index in [9.17, 15) is 8.42 Å². The van der Waals surface area contributed by atoms with Gasteiger partial charge in [0.25, 0.3) is 0 Å². The molecule has 1 aliphatic heterocycles. The molecular formula is C10H20O2S. The topological polar surface area (TPSA) is 34.1 Å². The molecule has 1 unspecified atom stereocenters. The second-order valence-corrected chi connectivity index (χ2v) is 7.96. The lowest BCUT2D eigenvalue weighted by molar-refractivity contribution is 0.529. The predicted octanol–water partition coefficient (Wildman–Crippen LogP) is 2.39. The lowest BCUT2D eigenvalue weighted by Crippen LogP contribution is -2.31. The molecule has 1 aliphatic rings. The summed E-state index contributed by atoms with van der Waals surface area (Å²) in [5, 5.41) is -0.0810. The van der Waals surface area contributed by atoms with Gasteiger partial charge < -0.3 is 0 Å². The van der Waals surface area contributed by atoms with E-state index in [0.29, 0.717) is 5.92 Å². The molecule has 0 aromatic carbocycles. The van der Waals surface area contributed by atoms with Gasteiger partial charge in [0, 0.05) is 0 Å². The molecule has 1 fully saturated rings. The largest absolute Gasteiger partial charge is 0.228 e. The molecule has 0 aliphatic carbocycles. The van der Waals surface area contributed by atoms with E-state index in [1.807, 2.05) is 13.8 Å². The SMILES string of the molecule is CC(C)CC1CCC(C)(C)S1(=O)=O. The fourth-order valence-corrected chi connectivity index (χ4v) is 4.40. The standard InChI is InChI=1S/C10H20O2S/c1-8(2)7-9-5-6-10(3,4)13(9,11)12/h8-9H,5-7H2,1-4H3. The summed E-state index contributed by atoms with van der Waals surface area (Å²) in [6.45, 7) is 7.87. The summed E-state index contributed by atoms with van der Waals surface area (Å²) in [5.41, 5.74) is 0. The molecule has 1 heterocycles. The van der Waals surface area contributed by atoms with E-state index in [1.165, 1.54) is 0 Å². The average molecular weight is 204 g/mol. The number of rotatable bonds is 2. The molecule has 1 saturated heterocycles. The summed E-state index contributed by atoms with van der Waals surface area (Å²) in [6.07, 6.45) is 2.51. The Morgan fingerprint density at radius 1 is 1.38 bits per heavy atom. The van der Waals surface area contributed by atoms with E-state index in [2.05, 4.69) is 13.8 Å². The number of hydrogen-bond acceptors (Lipinski definition) is 2. The van der Waals surface area contributed by atoms with Crippen LogP contribution in [0.15, 0.2) is 0 Å². The highest BCUT2D eigenvalue weighted by Gasteiger charge is 2.46. The summed E-state index contributed by atoms with van der Waals surface area (Å²) in [5.74, 6) is 0.480. The van der Waals surface area contributed by atoms with Gasteiger partial charge in [0.15, 0.2) is 9.84 Å². The van der Waals surface area contributed by atoms with Crippen LogP contribution in [0.5, 0.6) is 0 Å². The molecule has 0 aromatic rings. The second-order valence-electron chi connectivity index (χ2n) is 5.09. The fraction of sp³-hybridized carbons (Fsp3) is 1.00. The van der Waals surface area contributed by atoms with Crippen molar-refractivity contribution in [1.82, 2.24) is 0 Å². The van der Waals surface area contributed by atoms with Gasteiger partial charge >= 0.3 is 0 Å². The predicted molar refractivity (Wildman–Crippen MR) is 55.5 cm³/mol. The van der Waals surface area contributed by atoms with E-state index < -0.39 is 14.6 Å². The minimum Gasteiger partial charge on any atom is -0.228 e. The summed E-state index contributed by atoms with van der Waals surface area (Å²) >= 11 is 0. The van der Waals surface area contributed by atoms with Crippen molar-refractivity contribution in [3.8, 4) is 0 Å². The molecule has 2 nitrogen and oxygen atoms in total. The molecule has 13 heavy (non-hydrogen) atoms. The Kier molecular flexibility index (Phi) is 2.77. The van der Waals surface area contributed by atoms with E-state index in [1.54, 1.807) is 0 Å². The van der Waals surface area contributed by atoms with Gasteiger partial charge in [-0.2, -0.15) is 0 Å². The van der Waals surface area contributed by atoms with Crippen LogP contribution in [0, 0.1) is 5.92 Å². The zero-order valence-corrected chi connectivity index (χ0v) is 9.82. The van der Waals surface area contributed by atoms with Crippen LogP contribution in [0.1, 0.15) is 47.0 Å². The molecule has 0 bridgehead atoms. The minimum atomic E-state index is -2.86. The number of hydrogen-bond donors (Lipinski definition) is 0. The molecule has 0 saturated carbocycles. The van der Waals surface area contributed by atoms with Crippen molar-refractivity contribution in [3.63, 3.8) is 0 Å². The van der Waals surface area contributed by atoms with Gasteiger partial charge in [0.2, 0.25) is 0 Å². The Hall–Kier alpha value is -0.0500. The monoisotopic (exact) mass is 204 g/mol. The fourth-order valence-electron chi connectivity index (χ4n) is 2.03.